The molecule has 6 nitrogen and oxygen atoms in total. The number of likely N-dealkylation sites (tertiary alicyclic amines) is 1. The summed E-state index contributed by atoms with van der Waals surface area (Å²) < 4.78 is 11.6. The van der Waals surface area contributed by atoms with Gasteiger partial charge < -0.3 is 14.1 Å². The van der Waals surface area contributed by atoms with Gasteiger partial charge in [-0.3, -0.25) is 9.78 Å². The van der Waals surface area contributed by atoms with E-state index in [-0.39, 0.29) is 18.6 Å². The van der Waals surface area contributed by atoms with E-state index >= 15 is 0 Å². The van der Waals surface area contributed by atoms with Gasteiger partial charge >= 0.3 is 0 Å². The lowest BCUT2D eigenvalue weighted by Crippen LogP contribution is -2.41. The molecule has 0 N–H and O–H groups in total. The minimum absolute atomic E-state index is 0.0295. The summed E-state index contributed by atoms with van der Waals surface area (Å²) in [4.78, 5) is 23.1. The fourth-order valence-electron chi connectivity index (χ4n) is 3.55. The van der Waals surface area contributed by atoms with Crippen molar-refractivity contribution in [2.45, 2.75) is 31.7 Å². The molecule has 1 aromatic carbocycles. The van der Waals surface area contributed by atoms with Gasteiger partial charge in [0.15, 0.2) is 6.61 Å². The lowest BCUT2D eigenvalue weighted by Gasteiger charge is -2.33. The van der Waals surface area contributed by atoms with Crippen LogP contribution in [0.2, 0.25) is 5.02 Å². The first-order valence-electron chi connectivity index (χ1n) is 9.70. The number of pyridine rings is 1. The zero-order valence-electron chi connectivity index (χ0n) is 16.0. The molecule has 1 saturated heterocycles. The number of hydrogen-bond acceptors (Lipinski definition) is 5. The largest absolute Gasteiger partial charge is 0.482 e. The zero-order chi connectivity index (χ0) is 20.1. The van der Waals surface area contributed by atoms with Crippen molar-refractivity contribution in [2.75, 3.05) is 13.2 Å². The molecule has 1 aliphatic rings. The third-order valence-corrected chi connectivity index (χ3v) is 5.18. The van der Waals surface area contributed by atoms with Crippen LogP contribution in [0.4, 0.5) is 0 Å². The van der Waals surface area contributed by atoms with Crippen LogP contribution in [0.15, 0.2) is 59.4 Å². The van der Waals surface area contributed by atoms with E-state index in [9.17, 15) is 4.79 Å². The van der Waals surface area contributed by atoms with Crippen molar-refractivity contribution in [2.24, 2.45) is 0 Å². The van der Waals surface area contributed by atoms with Gasteiger partial charge in [0.05, 0.1) is 12.4 Å². The topological polar surface area (TPSA) is 68.5 Å². The van der Waals surface area contributed by atoms with E-state index in [4.69, 9.17) is 20.8 Å². The highest BCUT2D eigenvalue weighted by molar-refractivity contribution is 6.30. The SMILES string of the molecule is O=C(COc1cccnc1)N1CCCC[C@@H]1c1ncc(Cc2cccc(Cl)c2)o1. The number of halogens is 1. The summed E-state index contributed by atoms with van der Waals surface area (Å²) in [6.45, 7) is 0.643. The molecule has 0 spiro atoms. The molecule has 150 valence electrons. The van der Waals surface area contributed by atoms with Crippen molar-refractivity contribution in [1.29, 1.82) is 0 Å². The molecule has 0 radical (unpaired) electrons. The maximum Gasteiger partial charge on any atom is 0.261 e. The zero-order valence-corrected chi connectivity index (χ0v) is 16.7. The molecule has 1 aliphatic heterocycles. The van der Waals surface area contributed by atoms with Gasteiger partial charge in [0.1, 0.15) is 17.6 Å². The van der Waals surface area contributed by atoms with E-state index in [1.54, 1.807) is 30.7 Å². The Labute approximate surface area is 174 Å². The maximum atomic E-state index is 12.8. The van der Waals surface area contributed by atoms with Crippen molar-refractivity contribution in [3.63, 3.8) is 0 Å². The van der Waals surface area contributed by atoms with Crippen LogP contribution in [0.1, 0.15) is 42.5 Å². The Morgan fingerprint density at radius 1 is 1.24 bits per heavy atom. The lowest BCUT2D eigenvalue weighted by atomic mass is 10.0. The van der Waals surface area contributed by atoms with Crippen LogP contribution in [-0.4, -0.2) is 33.9 Å². The fourth-order valence-corrected chi connectivity index (χ4v) is 3.77. The number of carbonyl (C=O) groups is 1. The molecule has 2 aromatic heterocycles. The molecule has 0 aliphatic carbocycles. The molecule has 3 heterocycles. The van der Waals surface area contributed by atoms with Crippen LogP contribution < -0.4 is 4.74 Å². The summed E-state index contributed by atoms with van der Waals surface area (Å²) in [6.07, 6.45) is 8.43. The van der Waals surface area contributed by atoms with Crippen LogP contribution in [-0.2, 0) is 11.2 Å². The van der Waals surface area contributed by atoms with Crippen LogP contribution >= 0.6 is 11.6 Å². The van der Waals surface area contributed by atoms with Crippen LogP contribution in [0.5, 0.6) is 5.75 Å². The van der Waals surface area contributed by atoms with E-state index in [2.05, 4.69) is 9.97 Å². The lowest BCUT2D eigenvalue weighted by molar-refractivity contribution is -0.137. The minimum atomic E-state index is -0.165. The van der Waals surface area contributed by atoms with E-state index in [1.807, 2.05) is 29.2 Å². The summed E-state index contributed by atoms with van der Waals surface area (Å²) in [6, 6.07) is 11.1. The van der Waals surface area contributed by atoms with Crippen LogP contribution in [0, 0.1) is 0 Å². The second kappa shape index (κ2) is 9.09. The van der Waals surface area contributed by atoms with E-state index in [0.29, 0.717) is 29.6 Å². The quantitative estimate of drug-likeness (QED) is 0.599. The number of rotatable bonds is 6. The number of nitrogens with zero attached hydrogens (tertiary/aromatic N) is 3. The van der Waals surface area contributed by atoms with Gasteiger partial charge in [-0.15, -0.1) is 0 Å². The molecule has 0 bridgehead atoms. The molecule has 7 heteroatoms. The van der Waals surface area contributed by atoms with Gasteiger partial charge in [-0.25, -0.2) is 4.98 Å². The Balaban J connectivity index is 1.43. The standard InChI is InChI=1S/C22H22ClN3O3/c23-17-6-3-5-16(11-17)12-19-14-25-22(29-19)20-8-1-2-10-26(20)21(27)15-28-18-7-4-9-24-13-18/h3-7,9,11,13-14,20H,1-2,8,10,12,15H2/t20-/m1/s1. The Morgan fingerprint density at radius 2 is 2.17 bits per heavy atom. The van der Waals surface area contributed by atoms with Gasteiger partial charge in [-0.2, -0.15) is 0 Å². The average molecular weight is 412 g/mol. The normalized spacial score (nSPS) is 16.6. The number of benzene rings is 1. The van der Waals surface area contributed by atoms with Gasteiger partial charge in [-0.1, -0.05) is 23.7 Å². The molecule has 29 heavy (non-hydrogen) atoms. The highest BCUT2D eigenvalue weighted by atomic mass is 35.5. The molecule has 4 rings (SSSR count). The third kappa shape index (κ3) is 4.95. The summed E-state index contributed by atoms with van der Waals surface area (Å²) in [5.41, 5.74) is 1.06. The van der Waals surface area contributed by atoms with Crippen molar-refractivity contribution >= 4 is 17.5 Å². The van der Waals surface area contributed by atoms with E-state index < -0.39 is 0 Å². The van der Waals surface area contributed by atoms with Gasteiger partial charge in [0.2, 0.25) is 5.89 Å². The van der Waals surface area contributed by atoms with Crippen molar-refractivity contribution < 1.29 is 13.9 Å². The third-order valence-electron chi connectivity index (χ3n) is 4.94. The first kappa shape index (κ1) is 19.5. The molecular formula is C22H22ClN3O3. The van der Waals surface area contributed by atoms with Gasteiger partial charge in [0.25, 0.3) is 5.91 Å². The van der Waals surface area contributed by atoms with Crippen molar-refractivity contribution in [3.05, 3.63) is 77.2 Å². The maximum absolute atomic E-state index is 12.8. The number of piperidine rings is 1. The molecule has 3 aromatic rings. The molecule has 1 amide bonds. The molecule has 0 unspecified atom stereocenters. The smallest absolute Gasteiger partial charge is 0.261 e. The predicted molar refractivity (Wildman–Crippen MR) is 109 cm³/mol. The minimum Gasteiger partial charge on any atom is -0.482 e. The molecule has 1 fully saturated rings. The summed E-state index contributed by atoms with van der Waals surface area (Å²) in [5.74, 6) is 1.84. The number of carbonyl (C=O) groups excluding carboxylic acids is 1. The van der Waals surface area contributed by atoms with Gasteiger partial charge in [-0.05, 0) is 49.1 Å². The van der Waals surface area contributed by atoms with E-state index in [0.717, 1.165) is 30.6 Å². The Morgan fingerprint density at radius 3 is 3.00 bits per heavy atom. The first-order valence-corrected chi connectivity index (χ1v) is 10.1. The Kier molecular flexibility index (Phi) is 6.10. The molecule has 0 saturated carbocycles. The predicted octanol–water partition coefficient (Wildman–Crippen LogP) is 4.45. The van der Waals surface area contributed by atoms with Crippen molar-refractivity contribution in [1.82, 2.24) is 14.9 Å². The highest BCUT2D eigenvalue weighted by Crippen LogP contribution is 2.31. The van der Waals surface area contributed by atoms with Crippen molar-refractivity contribution in [3.8, 4) is 5.75 Å². The number of ether oxygens (including phenoxy) is 1. The van der Waals surface area contributed by atoms with Gasteiger partial charge in [0, 0.05) is 24.2 Å². The summed E-state index contributed by atoms with van der Waals surface area (Å²) >= 11 is 6.06. The monoisotopic (exact) mass is 411 g/mol. The number of hydrogen-bond donors (Lipinski definition) is 0. The second-order valence-electron chi connectivity index (χ2n) is 7.05. The molecular weight excluding hydrogens is 390 g/mol. The number of oxazole rings is 1. The summed E-state index contributed by atoms with van der Waals surface area (Å²) in [7, 11) is 0. The number of amides is 1. The fraction of sp³-hybridized carbons (Fsp3) is 0.318. The molecule has 1 atom stereocenters. The second-order valence-corrected chi connectivity index (χ2v) is 7.48. The average Bonchev–Trinajstić information content (AvgIpc) is 3.21. The van der Waals surface area contributed by atoms with Crippen LogP contribution in [0.3, 0.4) is 0 Å². The highest BCUT2D eigenvalue weighted by Gasteiger charge is 2.31. The van der Waals surface area contributed by atoms with Crippen LogP contribution in [0.25, 0.3) is 0 Å². The Bertz CT molecular complexity index is 961. The Hall–Kier alpha value is -2.86. The van der Waals surface area contributed by atoms with E-state index in [1.165, 1.54) is 0 Å². The summed E-state index contributed by atoms with van der Waals surface area (Å²) in [5, 5.41) is 0.694. The first-order chi connectivity index (χ1) is 14.2. The number of aromatic nitrogens is 2.